The third kappa shape index (κ3) is 8.62. The van der Waals surface area contributed by atoms with Crippen LogP contribution in [0.2, 0.25) is 0 Å². The molecule has 0 unspecified atom stereocenters. The molecular formula is C29H41N7O6. The number of carboxylic acid groups (broad SMARTS) is 1. The van der Waals surface area contributed by atoms with Crippen LogP contribution in [0.5, 0.6) is 0 Å². The summed E-state index contributed by atoms with van der Waals surface area (Å²) in [5.74, 6) is -3.54. The number of aromatic amines is 1. The zero-order valence-corrected chi connectivity index (χ0v) is 24.2. The summed E-state index contributed by atoms with van der Waals surface area (Å²) in [4.78, 5) is 73.3. The Labute approximate surface area is 245 Å². The fourth-order valence-corrected chi connectivity index (χ4v) is 4.89. The number of H-pyrrole nitrogens is 1. The van der Waals surface area contributed by atoms with Crippen LogP contribution >= 0.6 is 0 Å². The first-order valence-electron chi connectivity index (χ1n) is 14.2. The zero-order valence-electron chi connectivity index (χ0n) is 24.2. The monoisotopic (exact) mass is 583 g/mol. The van der Waals surface area contributed by atoms with Gasteiger partial charge in [0.15, 0.2) is 0 Å². The van der Waals surface area contributed by atoms with Crippen LogP contribution in [0.4, 0.5) is 0 Å². The molecule has 6 atom stereocenters. The molecule has 1 fully saturated rings. The molecule has 0 aliphatic carbocycles. The molecule has 7 N–H and O–H groups in total. The largest absolute Gasteiger partial charge is 0.480 e. The molecule has 1 aromatic carbocycles. The predicted octanol–water partition coefficient (Wildman–Crippen LogP) is 0.118. The first kappa shape index (κ1) is 32.3. The highest BCUT2D eigenvalue weighted by Gasteiger charge is 2.40. The molecule has 0 bridgehead atoms. The van der Waals surface area contributed by atoms with Crippen molar-refractivity contribution >= 4 is 29.6 Å². The zero-order chi connectivity index (χ0) is 30.8. The number of likely N-dealkylation sites (tertiary alicyclic amines) is 1. The van der Waals surface area contributed by atoms with Crippen molar-refractivity contribution in [1.29, 1.82) is 0 Å². The molecule has 13 heteroatoms. The Morgan fingerprint density at radius 3 is 2.36 bits per heavy atom. The molecule has 2 aromatic rings. The summed E-state index contributed by atoms with van der Waals surface area (Å²) in [6, 6.07) is 4.02. The molecule has 4 amide bonds. The van der Waals surface area contributed by atoms with Gasteiger partial charge in [-0.15, -0.1) is 0 Å². The quantitative estimate of drug-likeness (QED) is 0.180. The number of aromatic nitrogens is 2. The summed E-state index contributed by atoms with van der Waals surface area (Å²) in [6.07, 6.45) is 4.60. The Hall–Kier alpha value is -4.26. The summed E-state index contributed by atoms with van der Waals surface area (Å²) in [5, 5.41) is 17.8. The molecule has 42 heavy (non-hydrogen) atoms. The van der Waals surface area contributed by atoms with E-state index in [1.807, 2.05) is 19.9 Å². The van der Waals surface area contributed by atoms with Gasteiger partial charge in [-0.25, -0.2) is 9.78 Å². The van der Waals surface area contributed by atoms with Gasteiger partial charge < -0.3 is 36.7 Å². The molecular weight excluding hydrogens is 542 g/mol. The van der Waals surface area contributed by atoms with Crippen molar-refractivity contribution in [3.63, 3.8) is 0 Å². The average Bonchev–Trinajstić information content (AvgIpc) is 3.67. The maximum atomic E-state index is 13.9. The van der Waals surface area contributed by atoms with Crippen molar-refractivity contribution < 1.29 is 29.1 Å². The van der Waals surface area contributed by atoms with E-state index in [4.69, 9.17) is 5.73 Å². The van der Waals surface area contributed by atoms with Crippen molar-refractivity contribution in [1.82, 2.24) is 30.8 Å². The van der Waals surface area contributed by atoms with E-state index in [0.29, 0.717) is 25.0 Å². The maximum Gasteiger partial charge on any atom is 0.326 e. The van der Waals surface area contributed by atoms with E-state index in [0.717, 1.165) is 5.56 Å². The normalized spacial score (nSPS) is 18.3. The molecule has 1 aliphatic rings. The van der Waals surface area contributed by atoms with Crippen molar-refractivity contribution in [3.05, 3.63) is 54.1 Å². The van der Waals surface area contributed by atoms with Crippen molar-refractivity contribution in [2.75, 3.05) is 6.54 Å². The van der Waals surface area contributed by atoms with E-state index in [2.05, 4.69) is 25.9 Å². The number of nitrogens with zero attached hydrogens (tertiary/aromatic N) is 2. The lowest BCUT2D eigenvalue weighted by Crippen LogP contribution is -2.59. The van der Waals surface area contributed by atoms with Gasteiger partial charge in [0.05, 0.1) is 12.4 Å². The van der Waals surface area contributed by atoms with E-state index in [-0.39, 0.29) is 25.3 Å². The van der Waals surface area contributed by atoms with Crippen LogP contribution in [0.25, 0.3) is 0 Å². The Bertz CT molecular complexity index is 1220. The van der Waals surface area contributed by atoms with Crippen molar-refractivity contribution in [2.24, 2.45) is 11.7 Å². The number of amides is 4. The molecule has 228 valence electrons. The minimum Gasteiger partial charge on any atom is -0.480 e. The van der Waals surface area contributed by atoms with Crippen LogP contribution in [-0.4, -0.2) is 86.3 Å². The molecule has 3 rings (SSSR count). The highest BCUT2D eigenvalue weighted by atomic mass is 16.4. The van der Waals surface area contributed by atoms with Gasteiger partial charge >= 0.3 is 5.97 Å². The Morgan fingerprint density at radius 1 is 1.05 bits per heavy atom. The van der Waals surface area contributed by atoms with E-state index in [1.165, 1.54) is 24.3 Å². The third-order valence-electron chi connectivity index (χ3n) is 7.54. The number of hydrogen-bond donors (Lipinski definition) is 6. The lowest BCUT2D eigenvalue weighted by Gasteiger charge is -2.31. The number of hydrogen-bond acceptors (Lipinski definition) is 7. The average molecular weight is 584 g/mol. The minimum atomic E-state index is -1.18. The standard InChI is InChI=1S/C29H41N7O6/c1-4-17(2)24(35-25(37)18(3)30)27(39)33-21(14-20-15-31-16-32-20)28(40)36-12-8-11-23(36)26(38)34-22(29(41)42)13-19-9-6-5-7-10-19/h5-7,9-10,15-18,21-24H,4,8,11-14,30H2,1-3H3,(H,31,32)(H,33,39)(H,34,38)(H,35,37)(H,41,42)/t17-,18+,21-,22-,23-,24-/m0/s1. The Balaban J connectivity index is 1.79. The van der Waals surface area contributed by atoms with E-state index in [9.17, 15) is 29.1 Å². The van der Waals surface area contributed by atoms with Gasteiger partial charge in [0.2, 0.25) is 23.6 Å². The van der Waals surface area contributed by atoms with Gasteiger partial charge in [-0.1, -0.05) is 50.6 Å². The first-order valence-corrected chi connectivity index (χ1v) is 14.2. The molecule has 0 saturated carbocycles. The number of carbonyl (C=O) groups excluding carboxylic acids is 4. The van der Waals surface area contributed by atoms with Crippen LogP contribution in [0.15, 0.2) is 42.9 Å². The molecule has 1 aromatic heterocycles. The van der Waals surface area contributed by atoms with Gasteiger partial charge in [0.1, 0.15) is 24.2 Å². The molecule has 0 radical (unpaired) electrons. The second-order valence-corrected chi connectivity index (χ2v) is 10.8. The van der Waals surface area contributed by atoms with Gasteiger partial charge in [-0.2, -0.15) is 0 Å². The van der Waals surface area contributed by atoms with Crippen molar-refractivity contribution in [3.8, 4) is 0 Å². The van der Waals surface area contributed by atoms with Gasteiger partial charge in [-0.05, 0) is 31.2 Å². The summed E-state index contributed by atoms with van der Waals surface area (Å²) in [6.45, 7) is 5.47. The minimum absolute atomic E-state index is 0.0651. The number of carboxylic acids is 1. The molecule has 2 heterocycles. The highest BCUT2D eigenvalue weighted by Crippen LogP contribution is 2.20. The van der Waals surface area contributed by atoms with E-state index < -0.39 is 59.8 Å². The smallest absolute Gasteiger partial charge is 0.326 e. The summed E-state index contributed by atoms with van der Waals surface area (Å²) >= 11 is 0. The van der Waals surface area contributed by atoms with Gasteiger partial charge in [0, 0.05) is 31.3 Å². The highest BCUT2D eigenvalue weighted by molar-refractivity contribution is 5.96. The summed E-state index contributed by atoms with van der Waals surface area (Å²) in [5.41, 5.74) is 7.03. The second-order valence-electron chi connectivity index (χ2n) is 10.8. The second kappa shape index (κ2) is 15.1. The maximum absolute atomic E-state index is 13.9. The van der Waals surface area contributed by atoms with Crippen LogP contribution < -0.4 is 21.7 Å². The number of imidazole rings is 1. The third-order valence-corrected chi connectivity index (χ3v) is 7.54. The fourth-order valence-electron chi connectivity index (χ4n) is 4.89. The topological polar surface area (TPSA) is 200 Å². The van der Waals surface area contributed by atoms with Gasteiger partial charge in [0.25, 0.3) is 0 Å². The fraction of sp³-hybridized carbons (Fsp3) is 0.517. The number of rotatable bonds is 14. The number of nitrogens with one attached hydrogen (secondary N) is 4. The molecule has 1 saturated heterocycles. The SMILES string of the molecule is CC[C@H](C)[C@H](NC(=O)[C@@H](C)N)C(=O)N[C@@H](Cc1cnc[nH]1)C(=O)N1CCC[C@H]1C(=O)N[C@@H](Cc1ccccc1)C(=O)O. The van der Waals surface area contributed by atoms with Gasteiger partial charge in [-0.3, -0.25) is 19.2 Å². The van der Waals surface area contributed by atoms with Crippen LogP contribution in [-0.2, 0) is 36.8 Å². The Morgan fingerprint density at radius 2 is 1.76 bits per heavy atom. The molecule has 1 aliphatic heterocycles. The summed E-state index contributed by atoms with van der Waals surface area (Å²) in [7, 11) is 0. The molecule has 13 nitrogen and oxygen atoms in total. The summed E-state index contributed by atoms with van der Waals surface area (Å²) < 4.78 is 0. The van der Waals surface area contributed by atoms with Crippen molar-refractivity contribution in [2.45, 2.75) is 83.1 Å². The number of aliphatic carboxylic acids is 1. The predicted molar refractivity (Wildman–Crippen MR) is 154 cm³/mol. The lowest BCUT2D eigenvalue weighted by molar-refractivity contribution is -0.145. The van der Waals surface area contributed by atoms with E-state index in [1.54, 1.807) is 24.3 Å². The molecule has 0 spiro atoms. The van der Waals surface area contributed by atoms with E-state index >= 15 is 0 Å². The lowest BCUT2D eigenvalue weighted by atomic mass is 9.97. The van der Waals surface area contributed by atoms with Crippen LogP contribution in [0, 0.1) is 5.92 Å². The number of carbonyl (C=O) groups is 5. The van der Waals surface area contributed by atoms with Crippen LogP contribution in [0.3, 0.4) is 0 Å². The first-order chi connectivity index (χ1) is 20.0. The Kier molecular flexibility index (Phi) is 11.6. The number of nitrogens with two attached hydrogens (primary N) is 1. The van der Waals surface area contributed by atoms with Crippen LogP contribution in [0.1, 0.15) is 51.3 Å². The number of benzene rings is 1.